The van der Waals surface area contributed by atoms with Crippen molar-refractivity contribution in [1.82, 2.24) is 0 Å². The van der Waals surface area contributed by atoms with Gasteiger partial charge in [0.25, 0.3) is 0 Å². The molecule has 0 radical (unpaired) electrons. The van der Waals surface area contributed by atoms with Gasteiger partial charge < -0.3 is 9.80 Å². The second kappa shape index (κ2) is 13.3. The van der Waals surface area contributed by atoms with Crippen LogP contribution in [0.1, 0.15) is 58.6 Å². The summed E-state index contributed by atoms with van der Waals surface area (Å²) in [5, 5.41) is 4.92. The van der Waals surface area contributed by atoms with Crippen LogP contribution in [0.25, 0.3) is 21.5 Å². The second-order valence-electron chi connectivity index (χ2n) is 14.0. The third-order valence-corrected chi connectivity index (χ3v) is 10.7. The lowest BCUT2D eigenvalue weighted by Crippen LogP contribution is -2.40. The predicted octanol–water partition coefficient (Wildman–Crippen LogP) is 13.6. The van der Waals surface area contributed by atoms with Gasteiger partial charge in [0.2, 0.25) is 0 Å². The van der Waals surface area contributed by atoms with Crippen molar-refractivity contribution in [2.45, 2.75) is 58.4 Å². The minimum Gasteiger partial charge on any atom is -0.331 e. The number of benzene rings is 7. The maximum atomic E-state index is 2.52. The quantitative estimate of drug-likeness (QED) is 0.147. The smallest absolute Gasteiger partial charge is 0.0671 e. The van der Waals surface area contributed by atoms with Crippen LogP contribution in [0.3, 0.4) is 0 Å². The van der Waals surface area contributed by atoms with Gasteiger partial charge in [0.15, 0.2) is 0 Å². The highest BCUT2D eigenvalue weighted by Gasteiger charge is 2.34. The van der Waals surface area contributed by atoms with E-state index in [2.05, 4.69) is 208 Å². The zero-order chi connectivity index (χ0) is 34.0. The first-order valence-corrected chi connectivity index (χ1v) is 17.7. The van der Waals surface area contributed by atoms with Gasteiger partial charge in [-0.1, -0.05) is 137 Å². The summed E-state index contributed by atoms with van der Waals surface area (Å²) < 4.78 is 0. The van der Waals surface area contributed by atoms with Crippen molar-refractivity contribution in [2.75, 3.05) is 9.80 Å². The van der Waals surface area contributed by atoms with Gasteiger partial charge in [0, 0.05) is 28.1 Å². The van der Waals surface area contributed by atoms with E-state index in [1.54, 1.807) is 0 Å². The van der Waals surface area contributed by atoms with Crippen LogP contribution in [0, 0.1) is 0 Å². The van der Waals surface area contributed by atoms with Crippen LogP contribution >= 0.6 is 0 Å². The molecular formula is C47H46N2. The minimum atomic E-state index is -0.272. The zero-order valence-corrected chi connectivity index (χ0v) is 29.4. The lowest BCUT2D eigenvalue weighted by Gasteiger charge is -2.43. The predicted molar refractivity (Wildman–Crippen MR) is 212 cm³/mol. The van der Waals surface area contributed by atoms with E-state index in [0.29, 0.717) is 0 Å². The number of fused-ring (bicyclic) bond motifs is 2. The van der Waals surface area contributed by atoms with E-state index in [9.17, 15) is 0 Å². The van der Waals surface area contributed by atoms with Crippen molar-refractivity contribution in [3.05, 3.63) is 175 Å². The summed E-state index contributed by atoms with van der Waals surface area (Å²) in [4.78, 5) is 4.92. The molecule has 0 aliphatic carbocycles. The van der Waals surface area contributed by atoms with Crippen molar-refractivity contribution in [3.63, 3.8) is 0 Å². The summed E-state index contributed by atoms with van der Waals surface area (Å²) in [6.07, 6.45) is 2.05. The Balaban J connectivity index is 1.36. The highest BCUT2D eigenvalue weighted by molar-refractivity contribution is 6.00. The largest absolute Gasteiger partial charge is 0.331 e. The van der Waals surface area contributed by atoms with Crippen LogP contribution in [0.5, 0.6) is 0 Å². The van der Waals surface area contributed by atoms with Gasteiger partial charge in [-0.3, -0.25) is 0 Å². The Morgan fingerprint density at radius 3 is 1.67 bits per heavy atom. The average molecular weight is 639 g/mol. The molecule has 1 atom stereocenters. The van der Waals surface area contributed by atoms with Crippen LogP contribution in [0.2, 0.25) is 0 Å². The maximum Gasteiger partial charge on any atom is 0.0671 e. The molecule has 0 heterocycles. The standard InChI is InChI=1S/C47H46N2/c1-6-46(3,4)38-25-27-39(28-26-38)47(5,7-2)49(41-20-9-8-10-21-41)42-32-30-40(31-33-42)48(43-29-24-35-16-11-12-18-37(35)34-43)45-23-15-19-36-17-13-14-22-44(36)45/h8-34H,6-7H2,1-5H3. The van der Waals surface area contributed by atoms with Crippen LogP contribution in [0.4, 0.5) is 28.4 Å². The van der Waals surface area contributed by atoms with Gasteiger partial charge in [-0.05, 0) is 107 Å². The Labute approximate surface area is 292 Å². The summed E-state index contributed by atoms with van der Waals surface area (Å²) in [6.45, 7) is 11.6. The molecule has 0 aliphatic heterocycles. The Morgan fingerprint density at radius 1 is 0.429 bits per heavy atom. The van der Waals surface area contributed by atoms with Crippen molar-refractivity contribution < 1.29 is 0 Å². The molecular weight excluding hydrogens is 593 g/mol. The molecule has 7 rings (SSSR count). The summed E-state index contributed by atoms with van der Waals surface area (Å²) in [5.74, 6) is 0. The number of para-hydroxylation sites is 1. The van der Waals surface area contributed by atoms with Crippen molar-refractivity contribution in [3.8, 4) is 0 Å². The normalized spacial score (nSPS) is 12.9. The van der Waals surface area contributed by atoms with E-state index >= 15 is 0 Å². The molecule has 0 saturated heterocycles. The molecule has 0 aromatic heterocycles. The van der Waals surface area contributed by atoms with Gasteiger partial charge in [-0.25, -0.2) is 0 Å². The van der Waals surface area contributed by atoms with Gasteiger partial charge in [-0.15, -0.1) is 0 Å². The highest BCUT2D eigenvalue weighted by Crippen LogP contribution is 2.45. The monoisotopic (exact) mass is 638 g/mol. The van der Waals surface area contributed by atoms with E-state index in [1.165, 1.54) is 38.4 Å². The van der Waals surface area contributed by atoms with Gasteiger partial charge >= 0.3 is 0 Å². The van der Waals surface area contributed by atoms with E-state index < -0.39 is 0 Å². The number of nitrogens with zero attached hydrogens (tertiary/aromatic N) is 2. The van der Waals surface area contributed by atoms with Crippen molar-refractivity contribution in [1.29, 1.82) is 0 Å². The average Bonchev–Trinajstić information content (AvgIpc) is 3.16. The highest BCUT2D eigenvalue weighted by atomic mass is 15.2. The molecule has 244 valence electrons. The first-order chi connectivity index (χ1) is 23.8. The molecule has 0 spiro atoms. The van der Waals surface area contributed by atoms with E-state index in [0.717, 1.165) is 35.6 Å². The zero-order valence-electron chi connectivity index (χ0n) is 29.4. The van der Waals surface area contributed by atoms with E-state index in [1.807, 2.05) is 0 Å². The molecule has 0 saturated carbocycles. The second-order valence-corrected chi connectivity index (χ2v) is 14.0. The first kappa shape index (κ1) is 32.2. The fourth-order valence-electron chi connectivity index (χ4n) is 7.17. The molecule has 49 heavy (non-hydrogen) atoms. The Kier molecular flexibility index (Phi) is 8.73. The van der Waals surface area contributed by atoms with Gasteiger partial charge in [0.05, 0.1) is 11.2 Å². The molecule has 2 nitrogen and oxygen atoms in total. The molecule has 0 aliphatic rings. The molecule has 0 N–H and O–H groups in total. The molecule has 0 fully saturated rings. The van der Waals surface area contributed by atoms with Crippen LogP contribution in [0.15, 0.2) is 164 Å². The fourth-order valence-corrected chi connectivity index (χ4v) is 7.17. The number of rotatable bonds is 10. The fraction of sp³-hybridized carbons (Fsp3) is 0.191. The lowest BCUT2D eigenvalue weighted by atomic mass is 9.79. The summed E-state index contributed by atoms with van der Waals surface area (Å²) in [5.41, 5.74) is 8.33. The summed E-state index contributed by atoms with van der Waals surface area (Å²) in [7, 11) is 0. The molecule has 7 aromatic rings. The van der Waals surface area contributed by atoms with Crippen LogP contribution < -0.4 is 9.80 Å². The molecule has 0 amide bonds. The molecule has 0 bridgehead atoms. The van der Waals surface area contributed by atoms with E-state index in [4.69, 9.17) is 0 Å². The minimum absolute atomic E-state index is 0.150. The summed E-state index contributed by atoms with van der Waals surface area (Å²) >= 11 is 0. The van der Waals surface area contributed by atoms with Crippen LogP contribution in [-0.2, 0) is 11.0 Å². The number of hydrogen-bond acceptors (Lipinski definition) is 2. The Bertz CT molecular complexity index is 2180. The summed E-state index contributed by atoms with van der Waals surface area (Å²) in [6, 6.07) is 60.0. The van der Waals surface area contributed by atoms with Crippen molar-refractivity contribution in [2.24, 2.45) is 0 Å². The van der Waals surface area contributed by atoms with E-state index in [-0.39, 0.29) is 11.0 Å². The van der Waals surface area contributed by atoms with Gasteiger partial charge in [-0.2, -0.15) is 0 Å². The molecule has 7 aromatic carbocycles. The van der Waals surface area contributed by atoms with Crippen LogP contribution in [-0.4, -0.2) is 0 Å². The van der Waals surface area contributed by atoms with Crippen molar-refractivity contribution >= 4 is 50.0 Å². The molecule has 1 unspecified atom stereocenters. The van der Waals surface area contributed by atoms with Gasteiger partial charge in [0.1, 0.15) is 0 Å². The first-order valence-electron chi connectivity index (χ1n) is 17.7. The lowest BCUT2D eigenvalue weighted by molar-refractivity contribution is 0.462. The Morgan fingerprint density at radius 2 is 0.980 bits per heavy atom. The Hall–Kier alpha value is -5.34. The molecule has 2 heteroatoms. The maximum absolute atomic E-state index is 2.52. The topological polar surface area (TPSA) is 6.48 Å². The third-order valence-electron chi connectivity index (χ3n) is 10.7. The SMILES string of the molecule is CCC(C)(C)c1ccc(C(C)(CC)N(c2ccccc2)c2ccc(N(c3ccc4ccccc4c3)c3cccc4ccccc34)cc2)cc1. The number of hydrogen-bond donors (Lipinski definition) is 0. The third kappa shape index (κ3) is 6.08. The number of anilines is 5.